The number of rotatable bonds is 10. The van der Waals surface area contributed by atoms with E-state index in [9.17, 15) is 0 Å². The molecular weight excluding hydrogens is 426 g/mol. The van der Waals surface area contributed by atoms with Gasteiger partial charge in [0.1, 0.15) is 6.10 Å². The average Bonchev–Trinajstić information content (AvgIpc) is 2.86. The molecule has 0 aromatic carbocycles. The Bertz CT molecular complexity index is 1000. The van der Waals surface area contributed by atoms with Gasteiger partial charge in [-0.1, -0.05) is 110 Å². The van der Waals surface area contributed by atoms with E-state index in [-0.39, 0.29) is 6.10 Å². The molecule has 1 aliphatic rings. The lowest BCUT2D eigenvalue weighted by atomic mass is 9.89. The third-order valence-electron chi connectivity index (χ3n) is 5.93. The summed E-state index contributed by atoms with van der Waals surface area (Å²) in [6.07, 6.45) is 30.6. The van der Waals surface area contributed by atoms with E-state index in [2.05, 4.69) is 63.6 Å². The molecule has 0 amide bonds. The first-order valence-electron chi connectivity index (χ1n) is 12.2. The highest BCUT2D eigenvalue weighted by Crippen LogP contribution is 2.29. The van der Waals surface area contributed by atoms with E-state index < -0.39 is 0 Å². The molecule has 1 unspecified atom stereocenters. The smallest absolute Gasteiger partial charge is 0.101 e. The molecule has 1 rings (SSSR count). The normalized spacial score (nSPS) is 23.9. The van der Waals surface area contributed by atoms with Crippen LogP contribution in [-0.2, 0) is 4.74 Å². The van der Waals surface area contributed by atoms with Crippen molar-refractivity contribution in [3.63, 3.8) is 0 Å². The van der Waals surface area contributed by atoms with Gasteiger partial charge < -0.3 is 10.5 Å². The summed E-state index contributed by atoms with van der Waals surface area (Å²) in [6.45, 7) is 20.5. The first kappa shape index (κ1) is 29.7. The molecule has 0 heterocycles. The summed E-state index contributed by atoms with van der Waals surface area (Å²) in [7, 11) is 1.73. The maximum atomic E-state index is 5.82. The molecule has 0 saturated heterocycles. The molecule has 0 aliphatic heterocycles. The number of nitrogens with two attached hydrogens (primary N) is 1. The van der Waals surface area contributed by atoms with Gasteiger partial charge in [-0.05, 0) is 74.3 Å². The van der Waals surface area contributed by atoms with Crippen molar-refractivity contribution in [3.8, 4) is 0 Å². The SMILES string of the molecule is C=C/C=C1\C(=C/C)CC/C(C(=C)CC/C(C=C)=C/CC=C/C(N)=C/C)=C\C=C/C(=C)/C=C\C1OC. The number of hydrogen-bond acceptors (Lipinski definition) is 2. The molecule has 2 heteroatoms. The third kappa shape index (κ3) is 11.1. The van der Waals surface area contributed by atoms with Crippen molar-refractivity contribution in [2.24, 2.45) is 5.73 Å². The minimum atomic E-state index is -0.156. The monoisotopic (exact) mass is 469 g/mol. The van der Waals surface area contributed by atoms with E-state index in [1.54, 1.807) is 7.11 Å². The Kier molecular flexibility index (Phi) is 14.5. The molecule has 1 aliphatic carbocycles. The molecule has 0 spiro atoms. The average molecular weight is 470 g/mol. The van der Waals surface area contributed by atoms with E-state index in [1.807, 2.05) is 55.5 Å². The van der Waals surface area contributed by atoms with E-state index in [0.29, 0.717) is 0 Å². The molecule has 1 atom stereocenters. The summed E-state index contributed by atoms with van der Waals surface area (Å²) in [5.41, 5.74) is 13.5. The highest BCUT2D eigenvalue weighted by atomic mass is 16.5. The van der Waals surface area contributed by atoms with Crippen molar-refractivity contribution in [2.75, 3.05) is 7.11 Å². The van der Waals surface area contributed by atoms with Crippen LogP contribution in [0.15, 0.2) is 144 Å². The van der Waals surface area contributed by atoms with Gasteiger partial charge in [-0.3, -0.25) is 0 Å². The Hall–Kier alpha value is -3.36. The van der Waals surface area contributed by atoms with Gasteiger partial charge in [-0.15, -0.1) is 0 Å². The molecule has 0 radical (unpaired) electrons. The minimum Gasteiger partial charge on any atom is -0.399 e. The van der Waals surface area contributed by atoms with Gasteiger partial charge in [0.15, 0.2) is 0 Å². The van der Waals surface area contributed by atoms with Gasteiger partial charge in [0, 0.05) is 12.8 Å². The number of ether oxygens (including phenoxy) is 1. The fraction of sp³-hybridized carbons (Fsp3) is 0.273. The zero-order chi connectivity index (χ0) is 26.1. The van der Waals surface area contributed by atoms with Crippen LogP contribution in [0.2, 0.25) is 0 Å². The fourth-order valence-electron chi connectivity index (χ4n) is 3.74. The first-order valence-corrected chi connectivity index (χ1v) is 12.2. The van der Waals surface area contributed by atoms with Crippen molar-refractivity contribution in [1.82, 2.24) is 0 Å². The second-order valence-electron chi connectivity index (χ2n) is 8.33. The van der Waals surface area contributed by atoms with Crippen molar-refractivity contribution in [3.05, 3.63) is 144 Å². The van der Waals surface area contributed by atoms with Crippen LogP contribution in [0.1, 0.15) is 46.0 Å². The third-order valence-corrected chi connectivity index (χ3v) is 5.93. The predicted octanol–water partition coefficient (Wildman–Crippen LogP) is 8.71. The summed E-state index contributed by atoms with van der Waals surface area (Å²) in [6, 6.07) is 0. The fourth-order valence-corrected chi connectivity index (χ4v) is 3.74. The Morgan fingerprint density at radius 2 is 1.94 bits per heavy atom. The number of allylic oxidation sites excluding steroid dienone is 16. The summed E-state index contributed by atoms with van der Waals surface area (Å²) < 4.78 is 5.78. The maximum Gasteiger partial charge on any atom is 0.101 e. The number of methoxy groups -OCH3 is 1. The van der Waals surface area contributed by atoms with Gasteiger partial charge in [-0.25, -0.2) is 0 Å². The second kappa shape index (κ2) is 17.1. The summed E-state index contributed by atoms with van der Waals surface area (Å²) in [5, 5.41) is 0. The molecule has 2 N–H and O–H groups in total. The highest BCUT2D eigenvalue weighted by Gasteiger charge is 2.15. The molecule has 0 fully saturated rings. The molecule has 0 bridgehead atoms. The zero-order valence-corrected chi connectivity index (χ0v) is 21.9. The molecule has 2 nitrogen and oxygen atoms in total. The lowest BCUT2D eigenvalue weighted by Gasteiger charge is -2.20. The standard InChI is InChI=1S/C33H43NO/c1-8-15-32-29(10-3)23-24-30(18-14-16-26(5)20-25-33(32)35-7)27(6)21-22-28(9-2)17-12-13-19-31(34)11-4/h8-11,13-20,25,33H,1-2,5-6,12,21-24,34H2,3-4,7H3/b16-14-,19-13?,25-20-,28-17+,29-10-,30-18+,31-11-,32-15+. The van der Waals surface area contributed by atoms with E-state index in [0.717, 1.165) is 54.5 Å². The molecule has 186 valence electrons. The summed E-state index contributed by atoms with van der Waals surface area (Å²) >= 11 is 0. The van der Waals surface area contributed by atoms with Crippen LogP contribution in [-0.4, -0.2) is 13.2 Å². The largest absolute Gasteiger partial charge is 0.399 e. The Labute approximate surface area is 214 Å². The van der Waals surface area contributed by atoms with Gasteiger partial charge in [0.2, 0.25) is 0 Å². The topological polar surface area (TPSA) is 35.2 Å². The molecule has 0 saturated carbocycles. The van der Waals surface area contributed by atoms with Crippen LogP contribution in [0, 0.1) is 0 Å². The van der Waals surface area contributed by atoms with E-state index in [1.165, 1.54) is 16.7 Å². The minimum absolute atomic E-state index is 0.156. The van der Waals surface area contributed by atoms with Crippen LogP contribution < -0.4 is 5.73 Å². The molecule has 0 aromatic heterocycles. The van der Waals surface area contributed by atoms with Crippen LogP contribution in [0.5, 0.6) is 0 Å². The lowest BCUT2D eigenvalue weighted by Crippen LogP contribution is -2.13. The lowest BCUT2D eigenvalue weighted by molar-refractivity contribution is 0.169. The van der Waals surface area contributed by atoms with E-state index in [4.69, 9.17) is 10.5 Å². The van der Waals surface area contributed by atoms with Crippen LogP contribution >= 0.6 is 0 Å². The zero-order valence-electron chi connectivity index (χ0n) is 21.9. The van der Waals surface area contributed by atoms with Crippen molar-refractivity contribution in [2.45, 2.75) is 52.1 Å². The molecule has 0 aromatic rings. The van der Waals surface area contributed by atoms with E-state index >= 15 is 0 Å². The maximum absolute atomic E-state index is 5.82. The Morgan fingerprint density at radius 1 is 1.17 bits per heavy atom. The second-order valence-corrected chi connectivity index (χ2v) is 8.33. The molecule has 35 heavy (non-hydrogen) atoms. The summed E-state index contributed by atoms with van der Waals surface area (Å²) in [4.78, 5) is 0. The number of hydrogen-bond donors (Lipinski definition) is 1. The van der Waals surface area contributed by atoms with Crippen molar-refractivity contribution < 1.29 is 4.74 Å². The highest BCUT2D eigenvalue weighted by molar-refractivity contribution is 5.43. The quantitative estimate of drug-likeness (QED) is 0.325. The van der Waals surface area contributed by atoms with Gasteiger partial charge >= 0.3 is 0 Å². The van der Waals surface area contributed by atoms with Gasteiger partial charge in [-0.2, -0.15) is 0 Å². The van der Waals surface area contributed by atoms with Crippen molar-refractivity contribution >= 4 is 0 Å². The summed E-state index contributed by atoms with van der Waals surface area (Å²) in [5.74, 6) is 0. The van der Waals surface area contributed by atoms with Crippen LogP contribution in [0.25, 0.3) is 0 Å². The molecular formula is C33H43NO. The van der Waals surface area contributed by atoms with Crippen LogP contribution in [0.3, 0.4) is 0 Å². The first-order chi connectivity index (χ1) is 16.9. The van der Waals surface area contributed by atoms with Crippen molar-refractivity contribution in [1.29, 1.82) is 0 Å². The van der Waals surface area contributed by atoms with Crippen LogP contribution in [0.4, 0.5) is 0 Å². The predicted molar refractivity (Wildman–Crippen MR) is 156 cm³/mol. The Morgan fingerprint density at radius 3 is 2.57 bits per heavy atom. The Balaban J connectivity index is 3.07. The van der Waals surface area contributed by atoms with Gasteiger partial charge in [0.05, 0.1) is 0 Å². The van der Waals surface area contributed by atoms with Gasteiger partial charge in [0.25, 0.3) is 0 Å².